The summed E-state index contributed by atoms with van der Waals surface area (Å²) in [7, 11) is 2.02. The molecule has 19 heteroatoms. The number of aromatic amines is 2. The van der Waals surface area contributed by atoms with Crippen LogP contribution >= 0.6 is 0 Å². The van der Waals surface area contributed by atoms with E-state index in [9.17, 15) is 0 Å². The molecule has 7 aromatic rings. The summed E-state index contributed by atoms with van der Waals surface area (Å²) in [4.78, 5) is 41.6. The summed E-state index contributed by atoms with van der Waals surface area (Å²) in [5.74, 6) is 4.75. The van der Waals surface area contributed by atoms with Crippen molar-refractivity contribution in [3.05, 3.63) is 291 Å². The summed E-state index contributed by atoms with van der Waals surface area (Å²) in [6.07, 6.45) is 42.6. The van der Waals surface area contributed by atoms with Gasteiger partial charge in [-0.2, -0.15) is 5.10 Å². The van der Waals surface area contributed by atoms with Crippen LogP contribution in [0.15, 0.2) is 254 Å². The smallest absolute Gasteiger partial charge is 0.218 e. The SMILES string of the molecule is C=CC1=NC(C(C)(C)C)=CC1.C=CC1=NC(C(C)(C)C)=CC1.C=CC1=NCC(C(C)(C)C)=C1.C=CC1=NCC=C1C(C)(C)C.C=CC1=NCC=C1C(C)(C)C.C=Cc1cc(C(C)(C)C)[nH]n1.C=Cc1cc(C(C)(C)C)on1.C=Cc1nc(C(C)(C)C)co1.C=Cc1ncc(C(C)(C)C)[nH]1.C=Cc1ncc(C(C)(C)C)n1C.C=Cc1ncc(C(C)(C)C)o1.C=Cc1nocc1C(C)(C)C. The average molecular weight is 1820 g/mol. The highest BCUT2D eigenvalue weighted by Crippen LogP contribution is 2.36. The zero-order valence-corrected chi connectivity index (χ0v) is 89.3. The summed E-state index contributed by atoms with van der Waals surface area (Å²) in [5, 5.41) is 14.6. The predicted molar refractivity (Wildman–Crippen MR) is 578 cm³/mol. The molecule has 0 atom stereocenters. The molecule has 0 bridgehead atoms. The van der Waals surface area contributed by atoms with E-state index in [-0.39, 0.29) is 65.0 Å². The molecule has 0 amide bonds. The number of nitrogens with one attached hydrogen (secondary N) is 2. The first-order chi connectivity index (χ1) is 60.9. The highest BCUT2D eigenvalue weighted by molar-refractivity contribution is 6.11. The van der Waals surface area contributed by atoms with Gasteiger partial charge in [0.2, 0.25) is 11.8 Å². The normalized spacial score (nSPS) is 14.1. The van der Waals surface area contributed by atoms with E-state index in [1.54, 1.807) is 67.3 Å². The van der Waals surface area contributed by atoms with Crippen molar-refractivity contribution in [2.75, 3.05) is 19.6 Å². The van der Waals surface area contributed by atoms with Gasteiger partial charge in [-0.3, -0.25) is 30.1 Å². The fourth-order valence-corrected chi connectivity index (χ4v) is 11.8. The maximum Gasteiger partial charge on any atom is 0.218 e. The zero-order chi connectivity index (χ0) is 103. The molecule has 19 nitrogen and oxygen atoms in total. The van der Waals surface area contributed by atoms with Gasteiger partial charge in [0.1, 0.15) is 47.1 Å². The third-order valence-corrected chi connectivity index (χ3v) is 20.3. The van der Waals surface area contributed by atoms with Crippen LogP contribution < -0.4 is 0 Å². The van der Waals surface area contributed by atoms with Crippen molar-refractivity contribution in [1.82, 2.24) is 50.0 Å². The van der Waals surface area contributed by atoms with Crippen molar-refractivity contribution >= 4 is 71.1 Å². The molecule has 726 valence electrons. The van der Waals surface area contributed by atoms with Gasteiger partial charge in [-0.05, 0) is 123 Å². The average Bonchev–Trinajstić information content (AvgIpc) is 1.68. The van der Waals surface area contributed by atoms with E-state index in [4.69, 9.17) is 17.9 Å². The van der Waals surface area contributed by atoms with Gasteiger partial charge in [-0.1, -0.05) is 363 Å². The van der Waals surface area contributed by atoms with Crippen molar-refractivity contribution in [2.24, 2.45) is 59.1 Å². The summed E-state index contributed by atoms with van der Waals surface area (Å²) in [6.45, 7) is 124. The van der Waals surface area contributed by atoms with E-state index in [1.165, 1.54) is 33.8 Å². The van der Waals surface area contributed by atoms with Crippen molar-refractivity contribution in [3.63, 3.8) is 0 Å². The van der Waals surface area contributed by atoms with Gasteiger partial charge in [0.25, 0.3) is 0 Å². The van der Waals surface area contributed by atoms with E-state index in [0.29, 0.717) is 11.8 Å². The molecule has 0 aliphatic carbocycles. The molecule has 0 unspecified atom stereocenters. The standard InChI is InChI=1S/C10H16N2.5C10H15N.2C9H14N2.4C9H13NO/c1-6-9-11-7-8(12(9)5)10(2,3)4;1-5-9-6-8(7-11-9)10(2,3)4;2*1-5-9-8(6-7-11-9)10(2,3)4;2*1-5-8-6-7-9(11-8)10(2,3)4;1-5-8-10-6-7(11-8)9(2,3)4;1-5-7-6-8(11-10-7)9(2,3)4;1-5-8-10-7(6-11-8)9(2,3)4;1-5-8-10-6-7(11-8)9(2,3)4;1-5-8-7(6-11-10-8)9(2,3)4;1-5-7-6-8(11-10-7)9(2,3)4/h6-7H,1H2,2-5H3;3*5-6H,1,7H2,2-4H3;2*5,7H,1,6H2,2-4H3;2*5-6H,1H2,2-4H3,(H,10,11);4*5-6H,1H2,2-4H3. The second-order valence-corrected chi connectivity index (χ2v) is 44.7. The highest BCUT2D eigenvalue weighted by Gasteiger charge is 2.28. The maximum atomic E-state index is 5.37. The summed E-state index contributed by atoms with van der Waals surface area (Å²) in [6, 6.07) is 3.93. The largest absolute Gasteiger partial charge is 0.445 e. The Kier molecular flexibility index (Phi) is 46.3. The Labute approximate surface area is 804 Å². The minimum Gasteiger partial charge on any atom is -0.445 e. The number of hydrogen-bond acceptors (Lipinski definition) is 16. The molecule has 0 aromatic carbocycles. The van der Waals surface area contributed by atoms with Gasteiger partial charge in [0.15, 0.2) is 0 Å². The summed E-state index contributed by atoms with van der Waals surface area (Å²) >= 11 is 0. The molecule has 133 heavy (non-hydrogen) atoms. The van der Waals surface area contributed by atoms with Crippen LogP contribution in [-0.2, 0) is 45.0 Å². The topological polar surface area (TPSA) is 241 Å². The molecule has 0 spiro atoms. The molecule has 7 aromatic heterocycles. The molecule has 2 N–H and O–H groups in total. The quantitative estimate of drug-likeness (QED) is 0.117. The zero-order valence-electron chi connectivity index (χ0n) is 89.3. The fraction of sp³-hybridized carbons (Fsp3) is 0.474. The van der Waals surface area contributed by atoms with Crippen molar-refractivity contribution in [2.45, 2.75) is 300 Å². The van der Waals surface area contributed by atoms with Crippen LogP contribution in [0.4, 0.5) is 0 Å². The Bertz CT molecular complexity index is 4880. The van der Waals surface area contributed by atoms with E-state index in [0.717, 1.165) is 124 Å². The van der Waals surface area contributed by atoms with Crippen LogP contribution in [0.2, 0.25) is 0 Å². The Balaban J connectivity index is 0.000000725. The number of nitrogens with zero attached hydrogens (tertiary/aromatic N) is 13. The summed E-state index contributed by atoms with van der Waals surface area (Å²) in [5.41, 5.74) is 21.6. The third kappa shape index (κ3) is 42.5. The van der Waals surface area contributed by atoms with E-state index >= 15 is 0 Å². The number of aliphatic imine (C=N–C) groups is 5. The van der Waals surface area contributed by atoms with Crippen LogP contribution in [0.5, 0.6) is 0 Å². The van der Waals surface area contributed by atoms with Crippen molar-refractivity contribution < 1.29 is 17.9 Å². The monoisotopic (exact) mass is 1810 g/mol. The number of H-pyrrole nitrogens is 2. The predicted octanol–water partition coefficient (Wildman–Crippen LogP) is 31.2. The van der Waals surface area contributed by atoms with Gasteiger partial charge in [0, 0.05) is 127 Å². The fourth-order valence-electron chi connectivity index (χ4n) is 11.8. The van der Waals surface area contributed by atoms with Crippen LogP contribution in [-0.4, -0.2) is 98.2 Å². The van der Waals surface area contributed by atoms with Crippen LogP contribution in [0, 0.1) is 27.1 Å². The van der Waals surface area contributed by atoms with E-state index in [2.05, 4.69) is 434 Å². The maximum absolute atomic E-state index is 5.37. The molecular formula is C114H171N15O4. The lowest BCUT2D eigenvalue weighted by Crippen LogP contribution is -2.16. The lowest BCUT2D eigenvalue weighted by molar-refractivity contribution is 0.328. The number of hydrogen-bond donors (Lipinski definition) is 2. The van der Waals surface area contributed by atoms with Crippen molar-refractivity contribution in [1.29, 1.82) is 0 Å². The molecular weight excluding hydrogens is 1640 g/mol. The molecule has 5 aliphatic rings. The lowest BCUT2D eigenvalue weighted by atomic mass is 9.84. The first-order valence-electron chi connectivity index (χ1n) is 45.7. The second-order valence-electron chi connectivity index (χ2n) is 44.7. The first kappa shape index (κ1) is 119. The Hall–Kier alpha value is -11.6. The lowest BCUT2D eigenvalue weighted by Gasteiger charge is -2.20. The summed E-state index contributed by atoms with van der Waals surface area (Å²) < 4.78 is 22.5. The Morgan fingerprint density at radius 2 is 0.895 bits per heavy atom. The van der Waals surface area contributed by atoms with Gasteiger partial charge in [0.05, 0.1) is 54.4 Å². The highest BCUT2D eigenvalue weighted by atomic mass is 16.5. The Morgan fingerprint density at radius 3 is 1.14 bits per heavy atom. The molecule has 5 aliphatic heterocycles. The number of aromatic nitrogens is 10. The first-order valence-corrected chi connectivity index (χ1v) is 45.7. The molecule has 0 saturated heterocycles. The van der Waals surface area contributed by atoms with Crippen LogP contribution in [0.1, 0.15) is 342 Å². The number of allylic oxidation sites excluding steroid dienone is 12. The van der Waals surface area contributed by atoms with Gasteiger partial charge >= 0.3 is 0 Å². The van der Waals surface area contributed by atoms with Crippen LogP contribution in [0.25, 0.3) is 42.5 Å². The van der Waals surface area contributed by atoms with Gasteiger partial charge in [-0.25, -0.2) is 19.9 Å². The number of oxazole rings is 2. The minimum absolute atomic E-state index is 0.0360. The van der Waals surface area contributed by atoms with Gasteiger partial charge in [-0.15, -0.1) is 0 Å². The third-order valence-electron chi connectivity index (χ3n) is 20.3. The molecule has 0 fully saturated rings. The molecule has 0 radical (unpaired) electrons. The molecule has 0 saturated carbocycles. The van der Waals surface area contributed by atoms with E-state index in [1.807, 2.05) is 55.9 Å². The number of imidazole rings is 2. The molecule has 12 heterocycles. The van der Waals surface area contributed by atoms with Crippen molar-refractivity contribution in [3.8, 4) is 0 Å². The number of rotatable bonds is 12. The Morgan fingerprint density at radius 1 is 0.398 bits per heavy atom. The van der Waals surface area contributed by atoms with Gasteiger partial charge < -0.3 is 27.4 Å². The van der Waals surface area contributed by atoms with Crippen LogP contribution in [0.3, 0.4) is 0 Å². The van der Waals surface area contributed by atoms with E-state index < -0.39 is 0 Å². The molecule has 12 rings (SSSR count). The minimum atomic E-state index is 0.0360. The second kappa shape index (κ2) is 51.6.